The van der Waals surface area contributed by atoms with Gasteiger partial charge >= 0.3 is 49.1 Å². The minimum absolute atomic E-state index is 0. The summed E-state index contributed by atoms with van der Waals surface area (Å²) in [4.78, 5) is 45.4. The van der Waals surface area contributed by atoms with Gasteiger partial charge in [0.05, 0.1) is 26.4 Å². The molecule has 0 bridgehead atoms. The van der Waals surface area contributed by atoms with Crippen molar-refractivity contribution in [2.45, 2.75) is 41.5 Å². The van der Waals surface area contributed by atoms with Crippen molar-refractivity contribution in [3.63, 3.8) is 0 Å². The fraction of sp³-hybridized carbons (Fsp3) is 0.324. The molecule has 0 atom stereocenters. The molecular weight excluding hydrogens is 913 g/mol. The largest absolute Gasteiger partial charge is 1.00 e. The molecule has 10 nitrogen and oxygen atoms in total. The van der Waals surface area contributed by atoms with E-state index >= 15 is 0 Å². The number of thiazole rings is 2. The van der Waals surface area contributed by atoms with Crippen LogP contribution in [0, 0.1) is 13.8 Å². The van der Waals surface area contributed by atoms with Gasteiger partial charge in [0, 0.05) is 58.4 Å². The van der Waals surface area contributed by atoms with E-state index in [1.54, 1.807) is 70.4 Å². The number of nitrogens with zero attached hydrogens (tertiary/aromatic N) is 2. The minimum Gasteiger partial charge on any atom is -1.00 e. The smallest absolute Gasteiger partial charge is 1.00 e. The van der Waals surface area contributed by atoms with Crippen molar-refractivity contribution in [1.82, 2.24) is 9.97 Å². The van der Waals surface area contributed by atoms with E-state index in [-0.39, 0.29) is 62.7 Å². The Morgan fingerprint density at radius 1 is 0.769 bits per heavy atom. The molecule has 0 unspecified atom stereocenters. The summed E-state index contributed by atoms with van der Waals surface area (Å²) in [5, 5.41) is 2.37. The number of rotatable bonds is 13. The Hall–Kier alpha value is -1.26. The van der Waals surface area contributed by atoms with E-state index in [0.29, 0.717) is 32.8 Å². The van der Waals surface area contributed by atoms with Crippen LogP contribution >= 0.6 is 85.3 Å². The molecular formula is C34H38Br2Cl2N2NaO8PS2. The third kappa shape index (κ3) is 17.5. The number of hydrogen-bond acceptors (Lipinski definition) is 12. The molecule has 4 aromatic rings. The maximum atomic E-state index is 12.0. The van der Waals surface area contributed by atoms with Gasteiger partial charge in [-0.2, -0.15) is 0 Å². The number of aryl methyl sites for hydroxylation is 2. The van der Waals surface area contributed by atoms with Crippen LogP contribution in [0.5, 0.6) is 0 Å². The van der Waals surface area contributed by atoms with Gasteiger partial charge in [-0.15, -0.1) is 22.7 Å². The summed E-state index contributed by atoms with van der Waals surface area (Å²) in [5.74, 6) is -1.05. The van der Waals surface area contributed by atoms with Gasteiger partial charge in [-0.1, -0.05) is 55.1 Å². The number of esters is 2. The molecule has 0 aliphatic rings. The molecule has 0 spiro atoms. The first-order valence-corrected chi connectivity index (χ1v) is 21.1. The van der Waals surface area contributed by atoms with Gasteiger partial charge in [0.15, 0.2) is 5.01 Å². The summed E-state index contributed by atoms with van der Waals surface area (Å²) in [7, 11) is -3.28. The predicted octanol–water partition coefficient (Wildman–Crippen LogP) is 7.89. The number of hydrogen-bond donors (Lipinski definition) is 0. The van der Waals surface area contributed by atoms with Crippen molar-refractivity contribution in [3.8, 4) is 0 Å². The first kappa shape index (κ1) is 48.8. The number of benzene rings is 2. The van der Waals surface area contributed by atoms with Crippen molar-refractivity contribution >= 4 is 109 Å². The molecule has 0 amide bonds. The Morgan fingerprint density at radius 2 is 1.25 bits per heavy atom. The van der Waals surface area contributed by atoms with Crippen molar-refractivity contribution in [2.24, 2.45) is 0 Å². The zero-order valence-electron chi connectivity index (χ0n) is 30.7. The van der Waals surface area contributed by atoms with Crippen LogP contribution in [0.15, 0.2) is 63.8 Å². The average Bonchev–Trinajstić information content (AvgIpc) is 3.67. The Morgan fingerprint density at radius 3 is 1.69 bits per heavy atom. The Labute approximate surface area is 362 Å². The van der Waals surface area contributed by atoms with Crippen LogP contribution in [0.1, 0.15) is 64.8 Å². The van der Waals surface area contributed by atoms with Gasteiger partial charge < -0.3 is 19.9 Å². The quantitative estimate of drug-likeness (QED) is 0.0429. The van der Waals surface area contributed by atoms with Gasteiger partial charge in [-0.3, -0.25) is 14.2 Å². The van der Waals surface area contributed by atoms with Gasteiger partial charge in [0.2, 0.25) is 5.78 Å². The minimum atomic E-state index is -3.28. The van der Waals surface area contributed by atoms with E-state index in [1.165, 1.54) is 28.7 Å². The first-order valence-electron chi connectivity index (χ1n) is 15.4. The Balaban J connectivity index is 0.000000770. The molecule has 52 heavy (non-hydrogen) atoms. The Kier molecular flexibility index (Phi) is 23.4. The van der Waals surface area contributed by atoms with E-state index in [4.69, 9.17) is 37.0 Å². The number of carbonyl (C=O) groups excluding carboxylic acids is 3. The second-order valence-electron chi connectivity index (χ2n) is 9.92. The molecule has 0 aliphatic carbocycles. The van der Waals surface area contributed by atoms with Crippen LogP contribution in [-0.4, -0.2) is 60.3 Å². The molecule has 4 rings (SSSR count). The van der Waals surface area contributed by atoms with E-state index in [2.05, 4.69) is 46.6 Å². The van der Waals surface area contributed by atoms with E-state index in [9.17, 15) is 18.9 Å². The van der Waals surface area contributed by atoms with Crippen molar-refractivity contribution in [2.75, 3.05) is 32.6 Å². The summed E-state index contributed by atoms with van der Waals surface area (Å²) in [6.07, 6.45) is 4.61. The molecule has 278 valence electrons. The van der Waals surface area contributed by atoms with Crippen molar-refractivity contribution < 1.29 is 68.5 Å². The van der Waals surface area contributed by atoms with Crippen molar-refractivity contribution in [3.05, 3.63) is 105 Å². The second kappa shape index (κ2) is 25.0. The van der Waals surface area contributed by atoms with Gasteiger partial charge in [0.1, 0.15) is 11.2 Å². The van der Waals surface area contributed by atoms with Crippen LogP contribution in [0.2, 0.25) is 10.0 Å². The number of ketones is 1. The molecule has 0 saturated heterocycles. The van der Waals surface area contributed by atoms with E-state index < -0.39 is 19.5 Å². The van der Waals surface area contributed by atoms with Crippen LogP contribution < -0.4 is 29.6 Å². The average molecular weight is 951 g/mol. The normalized spacial score (nSPS) is 10.9. The summed E-state index contributed by atoms with van der Waals surface area (Å²) < 4.78 is 32.9. The summed E-state index contributed by atoms with van der Waals surface area (Å²) in [5.41, 5.74) is 2.07. The van der Waals surface area contributed by atoms with Crippen LogP contribution in [0.25, 0.3) is 5.57 Å². The molecule has 0 N–H and O–H groups in total. The second-order valence-corrected chi connectivity index (χ2v) is 17.1. The standard InChI is InChI=1S/C15H13BrClNO2S.C11H7BrClNOS.C8H17O5P.Na.H/c1-3-20-14(19)7-13(15-18-8-9(2)21-15)10-4-11(16)6-12(17)5-10;1-6-5-14-11(16-6)10(15)7-2-8(12)4-9(13)3-7;1-4-11-8(9)7-14(10,12-5-2)13-6-3;;/h4-8H,3H2,1-2H3;2-5H,1H3;4-7H2,1-3H3;;/q;;;+1;-1/b13-7-;;;;. The molecule has 2 aromatic heterocycles. The summed E-state index contributed by atoms with van der Waals surface area (Å²) >= 11 is 21.6. The first-order chi connectivity index (χ1) is 24.1. The number of carbonyl (C=O) groups is 3. The Bertz CT molecular complexity index is 1830. The van der Waals surface area contributed by atoms with E-state index in [1.807, 2.05) is 19.9 Å². The summed E-state index contributed by atoms with van der Waals surface area (Å²) in [6.45, 7) is 11.8. The number of ether oxygens (including phenoxy) is 2. The molecule has 18 heteroatoms. The third-order valence-corrected chi connectivity index (χ3v) is 11.0. The fourth-order valence-corrected chi connectivity index (χ4v) is 8.61. The van der Waals surface area contributed by atoms with Gasteiger partial charge in [0.25, 0.3) is 0 Å². The molecule has 0 aliphatic heterocycles. The molecule has 2 aromatic carbocycles. The van der Waals surface area contributed by atoms with Crippen LogP contribution in [-0.2, 0) is 32.7 Å². The topological polar surface area (TPSA) is 131 Å². The molecule has 0 fully saturated rings. The maximum absolute atomic E-state index is 12.0. The van der Waals surface area contributed by atoms with Gasteiger partial charge in [-0.25, -0.2) is 14.8 Å². The zero-order valence-corrected chi connectivity index (χ0v) is 38.9. The molecule has 0 saturated carbocycles. The monoisotopic (exact) mass is 948 g/mol. The summed E-state index contributed by atoms with van der Waals surface area (Å²) in [6, 6.07) is 10.6. The molecule has 2 heterocycles. The molecule has 0 radical (unpaired) electrons. The maximum Gasteiger partial charge on any atom is 1.00 e. The fourth-order valence-electron chi connectivity index (χ4n) is 3.91. The predicted molar refractivity (Wildman–Crippen MR) is 213 cm³/mol. The number of aromatic nitrogens is 2. The van der Waals surface area contributed by atoms with Crippen LogP contribution in [0.3, 0.4) is 0 Å². The zero-order chi connectivity index (χ0) is 38.1. The van der Waals surface area contributed by atoms with Crippen LogP contribution in [0.4, 0.5) is 0 Å². The third-order valence-electron chi connectivity index (χ3n) is 5.79. The SMILES string of the molecule is CCOC(=O)/C=C(/c1cc(Cl)cc(Br)c1)c1ncc(C)s1.CCOC(=O)CP(=O)(OCC)OCC.Cc1cnc(C(=O)c2cc(Cl)cc(Br)c2)s1.[H-].[Na+]. The van der Waals surface area contributed by atoms with Gasteiger partial charge in [-0.05, 0) is 83.5 Å². The van der Waals surface area contributed by atoms with Crippen molar-refractivity contribution in [1.29, 1.82) is 0 Å². The number of halogens is 4. The van der Waals surface area contributed by atoms with E-state index in [0.717, 1.165) is 29.3 Å².